The molecule has 2 rings (SSSR count). The fourth-order valence-electron chi connectivity index (χ4n) is 2.46. The van der Waals surface area contributed by atoms with Crippen molar-refractivity contribution in [2.75, 3.05) is 33.8 Å². The van der Waals surface area contributed by atoms with Gasteiger partial charge in [-0.1, -0.05) is 12.1 Å². The highest BCUT2D eigenvalue weighted by atomic mass is 16.5. The molecular formula is C20H23NO7. The molecule has 0 bridgehead atoms. The van der Waals surface area contributed by atoms with E-state index in [-0.39, 0.29) is 11.3 Å². The third-order valence-corrected chi connectivity index (χ3v) is 3.93. The maximum Gasteiger partial charge on any atom is 0.340 e. The summed E-state index contributed by atoms with van der Waals surface area (Å²) in [4.78, 5) is 24.7. The molecule has 0 heterocycles. The summed E-state index contributed by atoms with van der Waals surface area (Å²) < 4.78 is 26.1. The lowest BCUT2D eigenvalue weighted by Crippen LogP contribution is -2.31. The number of para-hydroxylation sites is 2. The van der Waals surface area contributed by atoms with E-state index in [1.165, 1.54) is 40.6 Å². The minimum absolute atomic E-state index is 0.123. The summed E-state index contributed by atoms with van der Waals surface area (Å²) in [7, 11) is 5.66. The summed E-state index contributed by atoms with van der Waals surface area (Å²) in [5, 5.41) is 2.67. The number of hydrogen-bond donors (Lipinski definition) is 1. The Morgan fingerprint density at radius 1 is 0.857 bits per heavy atom. The Balaban J connectivity index is 2.27. The van der Waals surface area contributed by atoms with Crippen LogP contribution in [0.2, 0.25) is 0 Å². The molecule has 0 aromatic heterocycles. The van der Waals surface area contributed by atoms with Crippen LogP contribution in [0.25, 0.3) is 0 Å². The minimum Gasteiger partial charge on any atom is -0.493 e. The Bertz CT molecular complexity index is 850. The number of nitrogens with one attached hydrogen (secondary N) is 1. The third-order valence-electron chi connectivity index (χ3n) is 3.93. The molecule has 0 aliphatic rings. The Kier molecular flexibility index (Phi) is 7.08. The highest BCUT2D eigenvalue weighted by Gasteiger charge is 2.22. The van der Waals surface area contributed by atoms with Crippen LogP contribution in [-0.4, -0.2) is 46.4 Å². The van der Waals surface area contributed by atoms with Gasteiger partial charge in [0.1, 0.15) is 0 Å². The minimum atomic E-state index is -0.866. The second kappa shape index (κ2) is 9.50. The van der Waals surface area contributed by atoms with Crippen molar-refractivity contribution >= 4 is 17.6 Å². The van der Waals surface area contributed by atoms with Gasteiger partial charge in [-0.05, 0) is 19.1 Å². The van der Waals surface area contributed by atoms with Crippen molar-refractivity contribution < 1.29 is 33.3 Å². The number of carbonyl (C=O) groups excluding carboxylic acids is 2. The molecule has 0 aliphatic carbocycles. The maximum atomic E-state index is 12.6. The normalized spacial score (nSPS) is 11.2. The van der Waals surface area contributed by atoms with Crippen LogP contribution in [0.3, 0.4) is 0 Å². The number of benzene rings is 2. The average molecular weight is 389 g/mol. The zero-order valence-electron chi connectivity index (χ0n) is 16.4. The summed E-state index contributed by atoms with van der Waals surface area (Å²) in [5.41, 5.74) is 0.336. The number of hydrogen-bond acceptors (Lipinski definition) is 7. The van der Waals surface area contributed by atoms with Crippen LogP contribution in [0.15, 0.2) is 36.4 Å². The van der Waals surface area contributed by atoms with Gasteiger partial charge < -0.3 is 29.0 Å². The number of rotatable bonds is 8. The molecule has 0 saturated heterocycles. The van der Waals surface area contributed by atoms with Gasteiger partial charge >= 0.3 is 5.97 Å². The van der Waals surface area contributed by atoms with Gasteiger partial charge in [0, 0.05) is 12.1 Å². The molecule has 0 radical (unpaired) electrons. The van der Waals surface area contributed by atoms with E-state index in [9.17, 15) is 9.59 Å². The number of amides is 1. The van der Waals surface area contributed by atoms with Crippen LogP contribution in [0, 0.1) is 0 Å². The average Bonchev–Trinajstić information content (AvgIpc) is 2.72. The predicted octanol–water partition coefficient (Wildman–Crippen LogP) is 2.91. The topological polar surface area (TPSA) is 92.3 Å². The summed E-state index contributed by atoms with van der Waals surface area (Å²) in [6.45, 7) is 1.58. The molecule has 0 aliphatic heterocycles. The van der Waals surface area contributed by atoms with Gasteiger partial charge in [0.05, 0.1) is 39.7 Å². The van der Waals surface area contributed by atoms with Crippen LogP contribution >= 0.6 is 0 Å². The van der Waals surface area contributed by atoms with E-state index in [0.29, 0.717) is 23.0 Å². The molecule has 2 aromatic carbocycles. The molecule has 1 amide bonds. The lowest BCUT2D eigenvalue weighted by molar-refractivity contribution is -0.122. The van der Waals surface area contributed by atoms with Gasteiger partial charge in [-0.25, -0.2) is 4.79 Å². The monoisotopic (exact) mass is 389 g/mol. The number of carbonyl (C=O) groups is 2. The summed E-state index contributed by atoms with van der Waals surface area (Å²) in [6.07, 6.45) is -0.866. The Hall–Kier alpha value is -3.42. The van der Waals surface area contributed by atoms with Crippen molar-refractivity contribution in [3.05, 3.63) is 42.0 Å². The van der Waals surface area contributed by atoms with Crippen LogP contribution < -0.4 is 24.3 Å². The Labute approximate surface area is 163 Å². The van der Waals surface area contributed by atoms with E-state index in [0.717, 1.165) is 0 Å². The maximum absolute atomic E-state index is 12.6. The van der Waals surface area contributed by atoms with Crippen molar-refractivity contribution in [1.82, 2.24) is 0 Å². The van der Waals surface area contributed by atoms with Gasteiger partial charge in [-0.3, -0.25) is 4.79 Å². The Morgan fingerprint density at radius 2 is 1.43 bits per heavy atom. The Morgan fingerprint density at radius 3 is 2.00 bits per heavy atom. The first-order valence-electron chi connectivity index (χ1n) is 8.40. The largest absolute Gasteiger partial charge is 0.493 e. The fourth-order valence-corrected chi connectivity index (χ4v) is 2.46. The SMILES string of the molecule is COC(=O)c1cc(OC)c(OC)cc1NC(=O)[C@H](C)Oc1ccccc1OC. The van der Waals surface area contributed by atoms with Crippen LogP contribution in [0.1, 0.15) is 17.3 Å². The zero-order valence-corrected chi connectivity index (χ0v) is 16.4. The van der Waals surface area contributed by atoms with Gasteiger partial charge in [0.2, 0.25) is 0 Å². The van der Waals surface area contributed by atoms with Crippen molar-refractivity contribution in [2.45, 2.75) is 13.0 Å². The number of anilines is 1. The molecule has 0 fully saturated rings. The van der Waals surface area contributed by atoms with Crippen molar-refractivity contribution in [3.8, 4) is 23.0 Å². The highest BCUT2D eigenvalue weighted by Crippen LogP contribution is 2.34. The predicted molar refractivity (Wildman–Crippen MR) is 103 cm³/mol. The van der Waals surface area contributed by atoms with Gasteiger partial charge in [0.25, 0.3) is 5.91 Å². The summed E-state index contributed by atoms with van der Waals surface area (Å²) >= 11 is 0. The number of esters is 1. The van der Waals surface area contributed by atoms with E-state index >= 15 is 0 Å². The van der Waals surface area contributed by atoms with Crippen LogP contribution in [-0.2, 0) is 9.53 Å². The van der Waals surface area contributed by atoms with Gasteiger partial charge in [-0.2, -0.15) is 0 Å². The molecule has 0 spiro atoms. The lowest BCUT2D eigenvalue weighted by Gasteiger charge is -2.18. The fraction of sp³-hybridized carbons (Fsp3) is 0.300. The molecule has 28 heavy (non-hydrogen) atoms. The third kappa shape index (κ3) is 4.64. The smallest absolute Gasteiger partial charge is 0.340 e. The highest BCUT2D eigenvalue weighted by molar-refractivity contribution is 6.03. The molecular weight excluding hydrogens is 366 g/mol. The molecule has 8 nitrogen and oxygen atoms in total. The second-order valence-corrected chi connectivity index (χ2v) is 5.64. The number of ether oxygens (including phenoxy) is 5. The molecule has 2 aromatic rings. The molecule has 1 N–H and O–H groups in total. The number of methoxy groups -OCH3 is 4. The van der Waals surface area contributed by atoms with Crippen molar-refractivity contribution in [3.63, 3.8) is 0 Å². The molecule has 0 saturated carbocycles. The van der Waals surface area contributed by atoms with E-state index in [2.05, 4.69) is 5.32 Å². The molecule has 1 atom stereocenters. The zero-order chi connectivity index (χ0) is 20.7. The van der Waals surface area contributed by atoms with Crippen LogP contribution in [0.5, 0.6) is 23.0 Å². The van der Waals surface area contributed by atoms with Gasteiger partial charge in [0.15, 0.2) is 29.1 Å². The molecule has 0 unspecified atom stereocenters. The lowest BCUT2D eigenvalue weighted by atomic mass is 10.1. The quantitative estimate of drug-likeness (QED) is 0.694. The standard InChI is InChI=1S/C20H23NO7/c1-12(28-16-9-7-6-8-15(16)24-2)19(22)21-14-11-18(26-4)17(25-3)10-13(14)20(23)27-5/h6-12H,1-5H3,(H,21,22)/t12-/m0/s1. The van der Waals surface area contributed by atoms with Crippen LogP contribution in [0.4, 0.5) is 5.69 Å². The van der Waals surface area contributed by atoms with E-state index in [1.807, 2.05) is 0 Å². The molecule has 150 valence electrons. The van der Waals surface area contributed by atoms with Crippen molar-refractivity contribution in [1.29, 1.82) is 0 Å². The second-order valence-electron chi connectivity index (χ2n) is 5.64. The first-order chi connectivity index (χ1) is 13.4. The summed E-state index contributed by atoms with van der Waals surface area (Å²) in [5.74, 6) is 0.512. The molecule has 8 heteroatoms. The van der Waals surface area contributed by atoms with Crippen molar-refractivity contribution in [2.24, 2.45) is 0 Å². The first kappa shape index (κ1) is 20.9. The first-order valence-corrected chi connectivity index (χ1v) is 8.40. The van der Waals surface area contributed by atoms with E-state index in [4.69, 9.17) is 23.7 Å². The van der Waals surface area contributed by atoms with E-state index in [1.54, 1.807) is 31.2 Å². The van der Waals surface area contributed by atoms with Gasteiger partial charge in [-0.15, -0.1) is 0 Å². The van der Waals surface area contributed by atoms with E-state index < -0.39 is 18.0 Å². The summed E-state index contributed by atoms with van der Waals surface area (Å²) in [6, 6.07) is 9.91.